The molecule has 128 valence electrons. The molecule has 1 aromatic rings. The van der Waals surface area contributed by atoms with Crippen LogP contribution in [0.2, 0.25) is 0 Å². The highest BCUT2D eigenvalue weighted by molar-refractivity contribution is 6.07. The van der Waals surface area contributed by atoms with Crippen LogP contribution in [0.5, 0.6) is 5.75 Å². The van der Waals surface area contributed by atoms with Crippen molar-refractivity contribution in [1.29, 1.82) is 0 Å². The fraction of sp³-hybridized carbons (Fsp3) is 0.500. The predicted molar refractivity (Wildman–Crippen MR) is 91.0 cm³/mol. The maximum atomic E-state index is 12.6. The number of rotatable bonds is 5. The summed E-state index contributed by atoms with van der Waals surface area (Å²) in [5, 5.41) is 7.91. The maximum Gasteiger partial charge on any atom is 0.346 e. The molecule has 1 saturated heterocycles. The Balaban J connectivity index is 1.67. The lowest BCUT2D eigenvalue weighted by Gasteiger charge is -2.29. The summed E-state index contributed by atoms with van der Waals surface area (Å²) in [5.74, 6) is 0.566. The highest BCUT2D eigenvalue weighted by Crippen LogP contribution is 2.33. The number of hydrogen-bond acceptors (Lipinski definition) is 4. The van der Waals surface area contributed by atoms with Gasteiger partial charge in [0.2, 0.25) is 0 Å². The predicted octanol–water partition coefficient (Wildman–Crippen LogP) is 3.06. The summed E-state index contributed by atoms with van der Waals surface area (Å²) in [5.41, 5.74) is 0.0777. The van der Waals surface area contributed by atoms with E-state index in [2.05, 4.69) is 17.3 Å². The van der Waals surface area contributed by atoms with Crippen molar-refractivity contribution in [1.82, 2.24) is 10.3 Å². The van der Waals surface area contributed by atoms with Crippen molar-refractivity contribution in [3.8, 4) is 5.75 Å². The Morgan fingerprint density at radius 1 is 1.21 bits per heavy atom. The zero-order valence-corrected chi connectivity index (χ0v) is 14.0. The molecule has 0 bridgehead atoms. The third-order valence-corrected chi connectivity index (χ3v) is 4.52. The van der Waals surface area contributed by atoms with Gasteiger partial charge < -0.3 is 10.1 Å². The Morgan fingerprint density at radius 2 is 1.92 bits per heavy atom. The van der Waals surface area contributed by atoms with Gasteiger partial charge >= 0.3 is 6.03 Å². The normalized spacial score (nSPS) is 20.0. The van der Waals surface area contributed by atoms with Gasteiger partial charge in [-0.05, 0) is 49.1 Å². The van der Waals surface area contributed by atoms with Crippen LogP contribution < -0.4 is 10.1 Å². The van der Waals surface area contributed by atoms with E-state index in [1.807, 2.05) is 24.3 Å². The molecule has 24 heavy (non-hydrogen) atoms. The van der Waals surface area contributed by atoms with Crippen LogP contribution in [0.25, 0.3) is 0 Å². The van der Waals surface area contributed by atoms with Crippen LogP contribution in [0, 0.1) is 0 Å². The van der Waals surface area contributed by atoms with E-state index in [0.29, 0.717) is 19.4 Å². The quantitative estimate of drug-likeness (QED) is 0.666. The van der Waals surface area contributed by atoms with E-state index < -0.39 is 11.6 Å². The SMILES string of the molecule is CCCOc1ccc(/C=N\N2C(=O)NC3(CCCCC3)C2=O)cc1. The second kappa shape index (κ2) is 7.03. The van der Waals surface area contributed by atoms with E-state index in [9.17, 15) is 9.59 Å². The van der Waals surface area contributed by atoms with Crippen molar-refractivity contribution in [3.63, 3.8) is 0 Å². The molecule has 1 aromatic carbocycles. The van der Waals surface area contributed by atoms with Crippen molar-refractivity contribution in [2.75, 3.05) is 6.61 Å². The van der Waals surface area contributed by atoms with Crippen LogP contribution in [0.3, 0.4) is 0 Å². The summed E-state index contributed by atoms with van der Waals surface area (Å²) in [6, 6.07) is 6.98. The van der Waals surface area contributed by atoms with Crippen molar-refractivity contribution >= 4 is 18.2 Å². The average Bonchev–Trinajstić information content (AvgIpc) is 2.83. The summed E-state index contributed by atoms with van der Waals surface area (Å²) in [4.78, 5) is 24.7. The Kier molecular flexibility index (Phi) is 4.83. The van der Waals surface area contributed by atoms with Gasteiger partial charge in [0.25, 0.3) is 5.91 Å². The van der Waals surface area contributed by atoms with Crippen LogP contribution in [0.1, 0.15) is 51.0 Å². The van der Waals surface area contributed by atoms with Crippen LogP contribution in [-0.2, 0) is 4.79 Å². The van der Waals surface area contributed by atoms with Crippen molar-refractivity contribution < 1.29 is 14.3 Å². The number of benzene rings is 1. The Bertz CT molecular complexity index is 633. The summed E-state index contributed by atoms with van der Waals surface area (Å²) < 4.78 is 5.52. The van der Waals surface area contributed by atoms with Gasteiger partial charge in [0.05, 0.1) is 12.8 Å². The van der Waals surface area contributed by atoms with Crippen molar-refractivity contribution in [3.05, 3.63) is 29.8 Å². The van der Waals surface area contributed by atoms with Gasteiger partial charge in [0.15, 0.2) is 0 Å². The standard InChI is InChI=1S/C18H23N3O3/c1-2-12-24-15-8-6-14(7-9-15)13-19-21-16(22)18(20-17(21)23)10-4-3-5-11-18/h6-9,13H,2-5,10-12H2,1H3,(H,20,23)/b19-13-. The fourth-order valence-electron chi connectivity index (χ4n) is 3.20. The molecule has 1 aliphatic heterocycles. The highest BCUT2D eigenvalue weighted by atomic mass is 16.5. The van der Waals surface area contributed by atoms with Gasteiger partial charge in [-0.2, -0.15) is 5.10 Å². The molecule has 1 N–H and O–H groups in total. The smallest absolute Gasteiger partial charge is 0.346 e. The fourth-order valence-corrected chi connectivity index (χ4v) is 3.20. The number of imide groups is 1. The molecule has 1 saturated carbocycles. The number of amides is 3. The van der Waals surface area contributed by atoms with E-state index in [1.165, 1.54) is 6.21 Å². The Morgan fingerprint density at radius 3 is 2.58 bits per heavy atom. The molecule has 3 amide bonds. The monoisotopic (exact) mass is 329 g/mol. The van der Waals surface area contributed by atoms with Gasteiger partial charge in [-0.15, -0.1) is 5.01 Å². The van der Waals surface area contributed by atoms with Crippen molar-refractivity contribution in [2.45, 2.75) is 51.0 Å². The molecule has 6 nitrogen and oxygen atoms in total. The molecule has 6 heteroatoms. The van der Waals surface area contributed by atoms with Crippen LogP contribution >= 0.6 is 0 Å². The zero-order chi connectivity index (χ0) is 17.0. The summed E-state index contributed by atoms with van der Waals surface area (Å²) in [6.45, 7) is 2.73. The Labute approximate surface area is 141 Å². The largest absolute Gasteiger partial charge is 0.494 e. The lowest BCUT2D eigenvalue weighted by Crippen LogP contribution is -2.48. The molecule has 2 fully saturated rings. The van der Waals surface area contributed by atoms with E-state index >= 15 is 0 Å². The van der Waals surface area contributed by atoms with Crippen LogP contribution in [0.15, 0.2) is 29.4 Å². The first kappa shape index (κ1) is 16.5. The number of nitrogens with one attached hydrogen (secondary N) is 1. The molecule has 0 radical (unpaired) electrons. The van der Waals surface area contributed by atoms with Gasteiger partial charge in [0.1, 0.15) is 11.3 Å². The van der Waals surface area contributed by atoms with E-state index in [1.54, 1.807) is 0 Å². The molecular formula is C18H23N3O3. The topological polar surface area (TPSA) is 71.0 Å². The minimum atomic E-state index is -0.732. The zero-order valence-electron chi connectivity index (χ0n) is 14.0. The number of ether oxygens (including phenoxy) is 1. The summed E-state index contributed by atoms with van der Waals surface area (Å²) in [7, 11) is 0. The maximum absolute atomic E-state index is 12.6. The number of carbonyl (C=O) groups excluding carboxylic acids is 2. The van der Waals surface area contributed by atoms with Gasteiger partial charge in [-0.1, -0.05) is 26.2 Å². The molecule has 2 aliphatic rings. The number of hydrogen-bond donors (Lipinski definition) is 1. The van der Waals surface area contributed by atoms with E-state index in [4.69, 9.17) is 4.74 Å². The number of nitrogens with zero attached hydrogens (tertiary/aromatic N) is 2. The highest BCUT2D eigenvalue weighted by Gasteiger charge is 2.51. The third kappa shape index (κ3) is 3.27. The second-order valence-corrected chi connectivity index (χ2v) is 6.35. The van der Waals surface area contributed by atoms with Gasteiger partial charge in [0, 0.05) is 0 Å². The molecule has 1 heterocycles. The number of carbonyl (C=O) groups is 2. The lowest BCUT2D eigenvalue weighted by atomic mass is 9.82. The molecule has 0 atom stereocenters. The van der Waals surface area contributed by atoms with E-state index in [-0.39, 0.29) is 5.91 Å². The van der Waals surface area contributed by atoms with Gasteiger partial charge in [-0.25, -0.2) is 4.79 Å². The molecule has 1 spiro atoms. The molecule has 1 aliphatic carbocycles. The van der Waals surface area contributed by atoms with E-state index in [0.717, 1.165) is 42.0 Å². The first-order valence-corrected chi connectivity index (χ1v) is 8.58. The minimum absolute atomic E-state index is 0.230. The number of urea groups is 1. The minimum Gasteiger partial charge on any atom is -0.494 e. The first-order chi connectivity index (χ1) is 11.6. The first-order valence-electron chi connectivity index (χ1n) is 8.58. The van der Waals surface area contributed by atoms with Crippen LogP contribution in [-0.4, -0.2) is 35.3 Å². The molecular weight excluding hydrogens is 306 g/mol. The average molecular weight is 329 g/mol. The molecule has 3 rings (SSSR count). The lowest BCUT2D eigenvalue weighted by molar-refractivity contribution is -0.132. The Hall–Kier alpha value is -2.37. The second-order valence-electron chi connectivity index (χ2n) is 6.35. The summed E-state index contributed by atoms with van der Waals surface area (Å²) in [6.07, 6.45) is 6.92. The number of hydrazone groups is 1. The molecule has 0 aromatic heterocycles. The van der Waals surface area contributed by atoms with Crippen LogP contribution in [0.4, 0.5) is 4.79 Å². The third-order valence-electron chi connectivity index (χ3n) is 4.52. The van der Waals surface area contributed by atoms with Gasteiger partial charge in [-0.3, -0.25) is 4.79 Å². The summed E-state index contributed by atoms with van der Waals surface area (Å²) >= 11 is 0. The molecule has 0 unspecified atom stereocenters. The van der Waals surface area contributed by atoms with Crippen molar-refractivity contribution in [2.24, 2.45) is 5.10 Å².